The smallest absolute Gasteiger partial charge is 0.352 e. The molecule has 0 aliphatic carbocycles. The highest BCUT2D eigenvalue weighted by Crippen LogP contribution is 2.17. The van der Waals surface area contributed by atoms with Crippen molar-refractivity contribution in [2.75, 3.05) is 5.75 Å². The summed E-state index contributed by atoms with van der Waals surface area (Å²) in [5.41, 5.74) is -0.676. The fourth-order valence-corrected chi connectivity index (χ4v) is 2.34. The van der Waals surface area contributed by atoms with Crippen molar-refractivity contribution in [1.29, 1.82) is 0 Å². The standard InChI is InChI=1S/C10H14N2O6S/c1-7(2)19(17,18)4-3-11-6-8(12(15)16)5-9(11)10(13)14/h5-7H,3-4H2,1-2H3,(H,13,14). The number of aromatic carboxylic acids is 1. The summed E-state index contributed by atoms with van der Waals surface area (Å²) in [6.45, 7) is 2.91. The van der Waals surface area contributed by atoms with Crippen molar-refractivity contribution >= 4 is 21.5 Å². The molecular formula is C10H14N2O6S. The van der Waals surface area contributed by atoms with Crippen LogP contribution in [0.25, 0.3) is 0 Å². The lowest BCUT2D eigenvalue weighted by Gasteiger charge is -2.09. The lowest BCUT2D eigenvalue weighted by atomic mass is 10.4. The van der Waals surface area contributed by atoms with Crippen LogP contribution in [0.5, 0.6) is 0 Å². The Balaban J connectivity index is 3.01. The summed E-state index contributed by atoms with van der Waals surface area (Å²) in [6.07, 6.45) is 1.03. The zero-order chi connectivity index (χ0) is 14.8. The highest BCUT2D eigenvalue weighted by molar-refractivity contribution is 7.91. The van der Waals surface area contributed by atoms with E-state index >= 15 is 0 Å². The number of carbonyl (C=O) groups is 1. The van der Waals surface area contributed by atoms with E-state index < -0.39 is 26.0 Å². The third-order valence-electron chi connectivity index (χ3n) is 2.65. The third-order valence-corrected chi connectivity index (χ3v) is 4.84. The summed E-state index contributed by atoms with van der Waals surface area (Å²) in [7, 11) is -3.33. The van der Waals surface area contributed by atoms with Gasteiger partial charge in [-0.15, -0.1) is 0 Å². The molecule has 0 saturated carbocycles. The number of aromatic nitrogens is 1. The summed E-state index contributed by atoms with van der Waals surface area (Å²) >= 11 is 0. The summed E-state index contributed by atoms with van der Waals surface area (Å²) in [5.74, 6) is -1.61. The van der Waals surface area contributed by atoms with Crippen LogP contribution in [-0.2, 0) is 16.4 Å². The van der Waals surface area contributed by atoms with Gasteiger partial charge in [-0.1, -0.05) is 0 Å². The number of sulfone groups is 1. The Bertz CT molecular complexity index is 602. The monoisotopic (exact) mass is 290 g/mol. The second-order valence-corrected chi connectivity index (χ2v) is 6.93. The number of carboxylic acids is 1. The van der Waals surface area contributed by atoms with Crippen molar-refractivity contribution in [3.63, 3.8) is 0 Å². The first kappa shape index (κ1) is 15.2. The molecule has 0 spiro atoms. The Hall–Kier alpha value is -1.90. The van der Waals surface area contributed by atoms with Crippen LogP contribution in [0.1, 0.15) is 24.3 Å². The SMILES string of the molecule is CC(C)S(=O)(=O)CCn1cc([N+](=O)[O-])cc1C(=O)O. The molecule has 19 heavy (non-hydrogen) atoms. The molecule has 0 unspecified atom stereocenters. The van der Waals surface area contributed by atoms with Gasteiger partial charge in [0.05, 0.1) is 22.1 Å². The highest BCUT2D eigenvalue weighted by Gasteiger charge is 2.21. The number of nitrogens with zero attached hydrogens (tertiary/aromatic N) is 2. The molecule has 8 nitrogen and oxygen atoms in total. The van der Waals surface area contributed by atoms with Crippen molar-refractivity contribution in [3.05, 3.63) is 28.1 Å². The normalized spacial score (nSPS) is 11.7. The van der Waals surface area contributed by atoms with Gasteiger partial charge >= 0.3 is 5.97 Å². The molecule has 1 rings (SSSR count). The summed E-state index contributed by atoms with van der Waals surface area (Å²) in [6, 6.07) is 0.907. The molecule has 0 atom stereocenters. The van der Waals surface area contributed by atoms with Crippen LogP contribution in [0.3, 0.4) is 0 Å². The van der Waals surface area contributed by atoms with E-state index in [1.807, 2.05) is 0 Å². The van der Waals surface area contributed by atoms with Crippen LogP contribution >= 0.6 is 0 Å². The minimum Gasteiger partial charge on any atom is -0.477 e. The molecule has 0 saturated heterocycles. The molecule has 0 bridgehead atoms. The predicted molar refractivity (Wildman–Crippen MR) is 67.0 cm³/mol. The van der Waals surface area contributed by atoms with Crippen LogP contribution in [0.4, 0.5) is 5.69 Å². The second kappa shape index (κ2) is 5.39. The Morgan fingerprint density at radius 3 is 2.53 bits per heavy atom. The average molecular weight is 290 g/mol. The molecule has 1 aromatic heterocycles. The molecule has 0 aliphatic heterocycles. The predicted octanol–water partition coefficient (Wildman–Crippen LogP) is 0.918. The Morgan fingerprint density at radius 1 is 1.53 bits per heavy atom. The van der Waals surface area contributed by atoms with E-state index in [4.69, 9.17) is 5.11 Å². The van der Waals surface area contributed by atoms with Gasteiger partial charge in [-0.3, -0.25) is 10.1 Å². The Morgan fingerprint density at radius 2 is 2.11 bits per heavy atom. The van der Waals surface area contributed by atoms with Gasteiger partial charge in [-0.25, -0.2) is 13.2 Å². The van der Waals surface area contributed by atoms with E-state index in [0.29, 0.717) is 0 Å². The largest absolute Gasteiger partial charge is 0.477 e. The summed E-state index contributed by atoms with van der Waals surface area (Å²) in [4.78, 5) is 20.8. The van der Waals surface area contributed by atoms with Crippen molar-refractivity contribution in [1.82, 2.24) is 4.57 Å². The molecule has 9 heteroatoms. The molecule has 1 aromatic rings. The van der Waals surface area contributed by atoms with Gasteiger partial charge in [0.15, 0.2) is 9.84 Å². The summed E-state index contributed by atoms with van der Waals surface area (Å²) in [5, 5.41) is 18.9. The van der Waals surface area contributed by atoms with Gasteiger partial charge in [0, 0.05) is 12.6 Å². The fourth-order valence-electron chi connectivity index (χ4n) is 1.42. The minimum atomic E-state index is -3.33. The third kappa shape index (κ3) is 3.53. The number of rotatable bonds is 6. The van der Waals surface area contributed by atoms with Crippen LogP contribution in [0.2, 0.25) is 0 Å². The molecule has 0 fully saturated rings. The van der Waals surface area contributed by atoms with E-state index in [1.165, 1.54) is 13.8 Å². The van der Waals surface area contributed by atoms with Gasteiger partial charge < -0.3 is 9.67 Å². The van der Waals surface area contributed by atoms with E-state index in [2.05, 4.69) is 0 Å². The minimum absolute atomic E-state index is 0.129. The van der Waals surface area contributed by atoms with Gasteiger partial charge in [-0.05, 0) is 13.8 Å². The highest BCUT2D eigenvalue weighted by atomic mass is 32.2. The van der Waals surface area contributed by atoms with Gasteiger partial charge in [0.1, 0.15) is 5.69 Å². The molecule has 0 aromatic carbocycles. The van der Waals surface area contributed by atoms with Gasteiger partial charge in [-0.2, -0.15) is 0 Å². The molecule has 1 N–H and O–H groups in total. The van der Waals surface area contributed by atoms with E-state index in [-0.39, 0.29) is 23.7 Å². The van der Waals surface area contributed by atoms with Crippen molar-refractivity contribution < 1.29 is 23.2 Å². The first-order chi connectivity index (χ1) is 8.65. The van der Waals surface area contributed by atoms with Crippen LogP contribution in [0.15, 0.2) is 12.3 Å². The van der Waals surface area contributed by atoms with Gasteiger partial charge in [0.2, 0.25) is 0 Å². The number of carboxylic acid groups (broad SMARTS) is 1. The second-order valence-electron chi connectivity index (χ2n) is 4.25. The molecule has 0 aliphatic rings. The molecule has 1 heterocycles. The maximum absolute atomic E-state index is 11.6. The molecule has 0 amide bonds. The zero-order valence-electron chi connectivity index (χ0n) is 10.4. The van der Waals surface area contributed by atoms with E-state index in [0.717, 1.165) is 16.8 Å². The maximum Gasteiger partial charge on any atom is 0.352 e. The van der Waals surface area contributed by atoms with E-state index in [1.54, 1.807) is 0 Å². The first-order valence-corrected chi connectivity index (χ1v) is 7.16. The molecule has 0 radical (unpaired) electrons. The van der Waals surface area contributed by atoms with E-state index in [9.17, 15) is 23.3 Å². The van der Waals surface area contributed by atoms with Crippen LogP contribution in [0, 0.1) is 10.1 Å². The number of hydrogen-bond acceptors (Lipinski definition) is 5. The molecular weight excluding hydrogens is 276 g/mol. The zero-order valence-corrected chi connectivity index (χ0v) is 11.3. The number of hydrogen-bond donors (Lipinski definition) is 1. The molecule has 106 valence electrons. The maximum atomic E-state index is 11.6. The van der Waals surface area contributed by atoms with Gasteiger partial charge in [0.25, 0.3) is 5.69 Å². The lowest BCUT2D eigenvalue weighted by Crippen LogP contribution is -2.22. The number of nitro groups is 1. The quantitative estimate of drug-likeness (QED) is 0.614. The average Bonchev–Trinajstić information content (AvgIpc) is 2.70. The fraction of sp³-hybridized carbons (Fsp3) is 0.500. The van der Waals surface area contributed by atoms with Crippen molar-refractivity contribution in [3.8, 4) is 0 Å². The Labute approximate surface area is 109 Å². The Kier molecular flexibility index (Phi) is 4.30. The van der Waals surface area contributed by atoms with Crippen LogP contribution in [-0.4, -0.2) is 40.0 Å². The number of aryl methyl sites for hydroxylation is 1. The topological polar surface area (TPSA) is 120 Å². The first-order valence-electron chi connectivity index (χ1n) is 5.44. The van der Waals surface area contributed by atoms with Crippen molar-refractivity contribution in [2.24, 2.45) is 0 Å². The van der Waals surface area contributed by atoms with Crippen molar-refractivity contribution in [2.45, 2.75) is 25.6 Å². The summed E-state index contributed by atoms with van der Waals surface area (Å²) < 4.78 is 24.3. The lowest BCUT2D eigenvalue weighted by molar-refractivity contribution is -0.384. The van der Waals surface area contributed by atoms with Crippen LogP contribution < -0.4 is 0 Å².